The van der Waals surface area contributed by atoms with Gasteiger partial charge in [0.25, 0.3) is 5.56 Å². The average Bonchev–Trinajstić information content (AvgIpc) is 3.34. The van der Waals surface area contributed by atoms with Crippen LogP contribution in [-0.4, -0.2) is 47.5 Å². The number of fused-ring (bicyclic) bond motifs is 3. The van der Waals surface area contributed by atoms with Gasteiger partial charge in [0.05, 0.1) is 12.1 Å². The van der Waals surface area contributed by atoms with Crippen LogP contribution in [0.2, 0.25) is 0 Å². The molecule has 0 aliphatic rings. The number of aromatic amines is 2. The minimum absolute atomic E-state index is 0.0896. The predicted octanol–water partition coefficient (Wildman–Crippen LogP) is 4.65. The largest absolute Gasteiger partial charge is 0.494 e. The summed E-state index contributed by atoms with van der Waals surface area (Å²) in [6, 6.07) is 25.1. The number of aliphatic hydroxyl groups excluding tert-OH is 1. The summed E-state index contributed by atoms with van der Waals surface area (Å²) in [5.74, 6) is 1.49. The molecule has 0 amide bonds. The van der Waals surface area contributed by atoms with Crippen molar-refractivity contribution in [1.82, 2.24) is 15.3 Å². The van der Waals surface area contributed by atoms with Gasteiger partial charge in [-0.05, 0) is 61.9 Å². The van der Waals surface area contributed by atoms with E-state index < -0.39 is 6.10 Å². The van der Waals surface area contributed by atoms with E-state index in [-0.39, 0.29) is 17.7 Å². The summed E-state index contributed by atoms with van der Waals surface area (Å²) >= 11 is 0. The van der Waals surface area contributed by atoms with E-state index in [0.717, 1.165) is 50.9 Å². The van der Waals surface area contributed by atoms with Gasteiger partial charge in [0.2, 0.25) is 0 Å². The number of hydrogen-bond donors (Lipinski definition) is 4. The molecular formula is C31H30N4O4. The minimum Gasteiger partial charge on any atom is -0.494 e. The fraction of sp³-hybridized carbons (Fsp3) is 0.226. The van der Waals surface area contributed by atoms with Crippen molar-refractivity contribution < 1.29 is 14.6 Å². The molecule has 1 atom stereocenters. The van der Waals surface area contributed by atoms with Crippen LogP contribution < -0.4 is 20.3 Å². The molecule has 4 N–H and O–H groups in total. The SMILES string of the molecule is Cc1[nH]c(=O)c(C#N)cc1-c1ccc(OCCCNCC(O)COc2cccc3[nH]c4ccccc4c23)cc1. The Labute approximate surface area is 225 Å². The number of rotatable bonds is 11. The third-order valence-electron chi connectivity index (χ3n) is 6.59. The van der Waals surface area contributed by atoms with E-state index in [1.165, 1.54) is 0 Å². The number of nitriles is 1. The summed E-state index contributed by atoms with van der Waals surface area (Å²) in [5, 5.41) is 24.9. The molecular weight excluding hydrogens is 492 g/mol. The summed E-state index contributed by atoms with van der Waals surface area (Å²) in [5.41, 5.74) is 4.19. The Kier molecular flexibility index (Phi) is 7.92. The van der Waals surface area contributed by atoms with Crippen LogP contribution in [0.4, 0.5) is 0 Å². The monoisotopic (exact) mass is 522 g/mol. The number of pyridine rings is 1. The number of H-pyrrole nitrogens is 2. The summed E-state index contributed by atoms with van der Waals surface area (Å²) in [4.78, 5) is 17.9. The molecule has 5 aromatic rings. The molecule has 3 aromatic carbocycles. The van der Waals surface area contributed by atoms with Crippen LogP contribution in [0.3, 0.4) is 0 Å². The van der Waals surface area contributed by atoms with E-state index in [4.69, 9.17) is 14.7 Å². The summed E-state index contributed by atoms with van der Waals surface area (Å²) < 4.78 is 11.8. The smallest absolute Gasteiger partial charge is 0.266 e. The van der Waals surface area contributed by atoms with Gasteiger partial charge in [0.15, 0.2) is 0 Å². The minimum atomic E-state index is -0.642. The van der Waals surface area contributed by atoms with Crippen LogP contribution in [0.25, 0.3) is 32.9 Å². The van der Waals surface area contributed by atoms with E-state index in [1.807, 2.05) is 73.7 Å². The van der Waals surface area contributed by atoms with E-state index >= 15 is 0 Å². The second-order valence-electron chi connectivity index (χ2n) is 9.41. The predicted molar refractivity (Wildman–Crippen MR) is 152 cm³/mol. The Hall–Kier alpha value is -4.58. The first-order valence-corrected chi connectivity index (χ1v) is 12.9. The highest BCUT2D eigenvalue weighted by Gasteiger charge is 2.12. The Balaban J connectivity index is 1.04. The Bertz CT molecular complexity index is 1680. The van der Waals surface area contributed by atoms with Crippen molar-refractivity contribution >= 4 is 21.8 Å². The fourth-order valence-electron chi connectivity index (χ4n) is 4.63. The van der Waals surface area contributed by atoms with Crippen molar-refractivity contribution in [2.24, 2.45) is 0 Å². The van der Waals surface area contributed by atoms with Crippen molar-refractivity contribution in [2.45, 2.75) is 19.4 Å². The van der Waals surface area contributed by atoms with Crippen molar-refractivity contribution in [3.63, 3.8) is 0 Å². The number of aryl methyl sites for hydroxylation is 1. The second kappa shape index (κ2) is 11.9. The van der Waals surface area contributed by atoms with Crippen LogP contribution in [-0.2, 0) is 0 Å². The molecule has 0 saturated carbocycles. The molecule has 0 bridgehead atoms. The Morgan fingerprint density at radius 2 is 1.79 bits per heavy atom. The highest BCUT2D eigenvalue weighted by Crippen LogP contribution is 2.33. The Morgan fingerprint density at radius 3 is 2.62 bits per heavy atom. The molecule has 2 aromatic heterocycles. The molecule has 0 saturated heterocycles. The molecule has 0 aliphatic heterocycles. The standard InChI is InChI=1S/C31H30N4O4/c1-20-26(16-22(17-32)31(37)34-20)21-10-12-24(13-11-21)38-15-5-14-33-18-23(36)19-39-29-9-4-8-28-30(29)25-6-2-3-7-27(25)35-28/h2-4,6-13,16,23,33,35-36H,5,14-15,18-19H2,1H3,(H,34,37). The lowest BCUT2D eigenvalue weighted by Gasteiger charge is -2.14. The van der Waals surface area contributed by atoms with Gasteiger partial charge in [0.1, 0.15) is 35.8 Å². The molecule has 2 heterocycles. The molecule has 5 rings (SSSR count). The fourth-order valence-corrected chi connectivity index (χ4v) is 4.63. The van der Waals surface area contributed by atoms with Crippen LogP contribution >= 0.6 is 0 Å². The van der Waals surface area contributed by atoms with Crippen LogP contribution in [0.15, 0.2) is 77.6 Å². The lowest BCUT2D eigenvalue weighted by molar-refractivity contribution is 0.107. The first-order valence-electron chi connectivity index (χ1n) is 12.9. The molecule has 198 valence electrons. The molecule has 0 aliphatic carbocycles. The number of nitrogens with one attached hydrogen (secondary N) is 3. The van der Waals surface area contributed by atoms with Gasteiger partial charge < -0.3 is 29.9 Å². The maximum Gasteiger partial charge on any atom is 0.266 e. The van der Waals surface area contributed by atoms with E-state index in [9.17, 15) is 9.90 Å². The van der Waals surface area contributed by atoms with Crippen molar-refractivity contribution in [1.29, 1.82) is 5.26 Å². The zero-order valence-electron chi connectivity index (χ0n) is 21.7. The zero-order valence-corrected chi connectivity index (χ0v) is 21.7. The van der Waals surface area contributed by atoms with Crippen LogP contribution in [0.1, 0.15) is 17.7 Å². The first kappa shape index (κ1) is 26.0. The maximum absolute atomic E-state index is 11.8. The normalized spacial score (nSPS) is 11.9. The third-order valence-corrected chi connectivity index (χ3v) is 6.59. The molecule has 39 heavy (non-hydrogen) atoms. The molecule has 0 radical (unpaired) electrons. The highest BCUT2D eigenvalue weighted by molar-refractivity contribution is 6.10. The van der Waals surface area contributed by atoms with Gasteiger partial charge in [-0.3, -0.25) is 4.79 Å². The topological polar surface area (TPSA) is 123 Å². The quantitative estimate of drug-likeness (QED) is 0.187. The van der Waals surface area contributed by atoms with Gasteiger partial charge in [-0.25, -0.2) is 0 Å². The number of benzene rings is 3. The van der Waals surface area contributed by atoms with E-state index in [2.05, 4.69) is 21.4 Å². The molecule has 0 fully saturated rings. The summed E-state index contributed by atoms with van der Waals surface area (Å²) in [6.07, 6.45) is 0.131. The molecule has 8 nitrogen and oxygen atoms in total. The van der Waals surface area contributed by atoms with Gasteiger partial charge in [-0.15, -0.1) is 0 Å². The number of aliphatic hydroxyl groups is 1. The summed E-state index contributed by atoms with van der Waals surface area (Å²) in [7, 11) is 0. The van der Waals surface area contributed by atoms with Crippen molar-refractivity contribution in [3.05, 3.63) is 94.4 Å². The highest BCUT2D eigenvalue weighted by atomic mass is 16.5. The number of ether oxygens (including phenoxy) is 2. The lowest BCUT2D eigenvalue weighted by Crippen LogP contribution is -2.32. The van der Waals surface area contributed by atoms with Gasteiger partial charge in [-0.2, -0.15) is 5.26 Å². The summed E-state index contributed by atoms with van der Waals surface area (Å²) in [6.45, 7) is 3.64. The second-order valence-corrected chi connectivity index (χ2v) is 9.41. The lowest BCUT2D eigenvalue weighted by atomic mass is 10.0. The van der Waals surface area contributed by atoms with E-state index in [1.54, 1.807) is 6.07 Å². The molecule has 1 unspecified atom stereocenters. The number of nitrogens with zero attached hydrogens (tertiary/aromatic N) is 1. The molecule has 8 heteroatoms. The first-order chi connectivity index (χ1) is 19.0. The number of aromatic nitrogens is 2. The van der Waals surface area contributed by atoms with Crippen LogP contribution in [0.5, 0.6) is 11.5 Å². The molecule has 0 spiro atoms. The van der Waals surface area contributed by atoms with Gasteiger partial charge in [0, 0.05) is 34.1 Å². The maximum atomic E-state index is 11.8. The van der Waals surface area contributed by atoms with Gasteiger partial charge >= 0.3 is 0 Å². The number of para-hydroxylation sites is 1. The van der Waals surface area contributed by atoms with Crippen molar-refractivity contribution in [3.8, 4) is 28.7 Å². The Morgan fingerprint density at radius 1 is 1.00 bits per heavy atom. The average molecular weight is 523 g/mol. The van der Waals surface area contributed by atoms with E-state index in [0.29, 0.717) is 25.4 Å². The zero-order chi connectivity index (χ0) is 27.2. The van der Waals surface area contributed by atoms with Crippen LogP contribution in [0, 0.1) is 18.3 Å². The van der Waals surface area contributed by atoms with Crippen molar-refractivity contribution in [2.75, 3.05) is 26.3 Å². The third kappa shape index (κ3) is 5.96. The number of hydrogen-bond acceptors (Lipinski definition) is 6. The van der Waals surface area contributed by atoms with Gasteiger partial charge in [-0.1, -0.05) is 36.4 Å².